The van der Waals surface area contributed by atoms with Gasteiger partial charge in [-0.2, -0.15) is 0 Å². The Morgan fingerprint density at radius 1 is 0.967 bits per heavy atom. The van der Waals surface area contributed by atoms with Crippen LogP contribution >= 0.6 is 0 Å². The fourth-order valence-corrected chi connectivity index (χ4v) is 4.21. The zero-order valence-electron chi connectivity index (χ0n) is 17.7. The topological polar surface area (TPSA) is 38.8 Å². The van der Waals surface area contributed by atoms with Crippen molar-refractivity contribution in [3.8, 4) is 11.5 Å². The molecule has 1 aliphatic heterocycles. The molecule has 0 aromatic heterocycles. The Morgan fingerprint density at radius 2 is 1.63 bits per heavy atom. The SMILES string of the molecule is CCc1ccc(C(=O)N2CCc3cc(OC)c(OC)cc3[C@@H]2c2ccccc2)cc1. The Hall–Kier alpha value is -3.27. The number of aryl methyl sites for hydroxylation is 1. The van der Waals surface area contributed by atoms with Gasteiger partial charge in [-0.15, -0.1) is 0 Å². The molecule has 4 nitrogen and oxygen atoms in total. The summed E-state index contributed by atoms with van der Waals surface area (Å²) in [6, 6.07) is 22.0. The standard InChI is InChI=1S/C26H27NO3/c1-4-18-10-12-20(13-11-18)26(28)27-15-14-21-16-23(29-2)24(30-3)17-22(21)25(27)19-8-6-5-7-9-19/h5-13,16-17,25H,4,14-15H2,1-3H3/t25-/m0/s1. The number of carbonyl (C=O) groups excluding carboxylic acids is 1. The highest BCUT2D eigenvalue weighted by molar-refractivity contribution is 5.95. The molecule has 1 atom stereocenters. The Bertz CT molecular complexity index is 1030. The lowest BCUT2D eigenvalue weighted by Gasteiger charge is -2.38. The van der Waals surface area contributed by atoms with Crippen LogP contribution in [-0.4, -0.2) is 31.6 Å². The number of hydrogen-bond acceptors (Lipinski definition) is 3. The lowest BCUT2D eigenvalue weighted by molar-refractivity contribution is 0.0694. The summed E-state index contributed by atoms with van der Waals surface area (Å²) in [4.78, 5) is 15.5. The van der Waals surface area contributed by atoms with Gasteiger partial charge in [-0.05, 0) is 59.4 Å². The molecule has 30 heavy (non-hydrogen) atoms. The van der Waals surface area contributed by atoms with E-state index in [9.17, 15) is 4.79 Å². The molecule has 1 heterocycles. The zero-order valence-corrected chi connectivity index (χ0v) is 17.7. The molecule has 3 aromatic carbocycles. The average Bonchev–Trinajstić information content (AvgIpc) is 2.82. The maximum absolute atomic E-state index is 13.5. The number of benzene rings is 3. The third-order valence-corrected chi connectivity index (χ3v) is 5.86. The second-order valence-corrected chi connectivity index (χ2v) is 7.52. The summed E-state index contributed by atoms with van der Waals surface area (Å²) in [5.41, 5.74) is 5.31. The molecule has 0 aliphatic carbocycles. The van der Waals surface area contributed by atoms with Gasteiger partial charge in [-0.3, -0.25) is 4.79 Å². The number of methoxy groups -OCH3 is 2. The van der Waals surface area contributed by atoms with Crippen molar-refractivity contribution < 1.29 is 14.3 Å². The molecular formula is C26H27NO3. The normalized spacial score (nSPS) is 15.4. The van der Waals surface area contributed by atoms with E-state index in [1.807, 2.05) is 59.5 Å². The van der Waals surface area contributed by atoms with Crippen molar-refractivity contribution in [2.45, 2.75) is 25.8 Å². The second kappa shape index (κ2) is 8.62. The fraction of sp³-hybridized carbons (Fsp3) is 0.269. The van der Waals surface area contributed by atoms with Gasteiger partial charge in [0.25, 0.3) is 5.91 Å². The number of carbonyl (C=O) groups is 1. The predicted molar refractivity (Wildman–Crippen MR) is 118 cm³/mol. The van der Waals surface area contributed by atoms with Crippen LogP contribution in [0, 0.1) is 0 Å². The number of fused-ring (bicyclic) bond motifs is 1. The third-order valence-electron chi connectivity index (χ3n) is 5.86. The van der Waals surface area contributed by atoms with Gasteiger partial charge in [0.05, 0.1) is 20.3 Å². The maximum atomic E-state index is 13.5. The number of ether oxygens (including phenoxy) is 2. The minimum Gasteiger partial charge on any atom is -0.493 e. The van der Waals surface area contributed by atoms with Crippen molar-refractivity contribution in [1.29, 1.82) is 0 Å². The van der Waals surface area contributed by atoms with E-state index in [2.05, 4.69) is 19.1 Å². The fourth-order valence-electron chi connectivity index (χ4n) is 4.21. The van der Waals surface area contributed by atoms with E-state index in [-0.39, 0.29) is 11.9 Å². The minimum atomic E-state index is -0.173. The molecule has 1 aliphatic rings. The maximum Gasteiger partial charge on any atom is 0.254 e. The van der Waals surface area contributed by atoms with Gasteiger partial charge in [0.15, 0.2) is 11.5 Å². The van der Waals surface area contributed by atoms with Crippen LogP contribution in [0.1, 0.15) is 45.6 Å². The van der Waals surface area contributed by atoms with Crippen LogP contribution in [0.15, 0.2) is 66.7 Å². The summed E-state index contributed by atoms with van der Waals surface area (Å²) in [7, 11) is 3.29. The highest BCUT2D eigenvalue weighted by Gasteiger charge is 2.33. The number of amides is 1. The summed E-state index contributed by atoms with van der Waals surface area (Å²) in [5, 5.41) is 0. The Labute approximate surface area is 178 Å². The van der Waals surface area contributed by atoms with Crippen molar-refractivity contribution in [1.82, 2.24) is 4.90 Å². The average molecular weight is 402 g/mol. The van der Waals surface area contributed by atoms with E-state index in [1.54, 1.807) is 14.2 Å². The molecule has 154 valence electrons. The van der Waals surface area contributed by atoms with Crippen LogP contribution in [0.3, 0.4) is 0 Å². The Balaban J connectivity index is 1.80. The molecule has 3 aromatic rings. The van der Waals surface area contributed by atoms with E-state index in [0.717, 1.165) is 35.3 Å². The van der Waals surface area contributed by atoms with Crippen LogP contribution in [0.25, 0.3) is 0 Å². The van der Waals surface area contributed by atoms with Crippen molar-refractivity contribution in [2.24, 2.45) is 0 Å². The number of hydrogen-bond donors (Lipinski definition) is 0. The molecule has 0 bridgehead atoms. The van der Waals surface area contributed by atoms with Gasteiger partial charge < -0.3 is 14.4 Å². The van der Waals surface area contributed by atoms with Gasteiger partial charge in [-0.25, -0.2) is 0 Å². The number of rotatable bonds is 5. The lowest BCUT2D eigenvalue weighted by Crippen LogP contribution is -2.40. The van der Waals surface area contributed by atoms with E-state index in [1.165, 1.54) is 11.1 Å². The molecule has 0 radical (unpaired) electrons. The minimum absolute atomic E-state index is 0.0481. The van der Waals surface area contributed by atoms with Crippen LogP contribution in [0.5, 0.6) is 11.5 Å². The predicted octanol–water partition coefficient (Wildman–Crippen LogP) is 5.05. The highest BCUT2D eigenvalue weighted by Crippen LogP contribution is 2.41. The molecule has 0 fully saturated rings. The van der Waals surface area contributed by atoms with Gasteiger partial charge >= 0.3 is 0 Å². The van der Waals surface area contributed by atoms with Crippen LogP contribution in [0.4, 0.5) is 0 Å². The van der Waals surface area contributed by atoms with Crippen molar-refractivity contribution in [3.05, 3.63) is 94.5 Å². The molecule has 0 saturated carbocycles. The largest absolute Gasteiger partial charge is 0.493 e. The summed E-state index contributed by atoms with van der Waals surface area (Å²) in [6.45, 7) is 2.77. The second-order valence-electron chi connectivity index (χ2n) is 7.52. The number of nitrogens with zero attached hydrogens (tertiary/aromatic N) is 1. The summed E-state index contributed by atoms with van der Waals surface area (Å²) in [6.07, 6.45) is 1.73. The summed E-state index contributed by atoms with van der Waals surface area (Å²) >= 11 is 0. The first kappa shape index (κ1) is 20.0. The van der Waals surface area contributed by atoms with Crippen molar-refractivity contribution in [3.63, 3.8) is 0 Å². The van der Waals surface area contributed by atoms with Gasteiger partial charge in [0, 0.05) is 12.1 Å². The first-order valence-electron chi connectivity index (χ1n) is 10.4. The molecule has 4 rings (SSSR count). The quantitative estimate of drug-likeness (QED) is 0.600. The van der Waals surface area contributed by atoms with Gasteiger partial charge in [0.1, 0.15) is 0 Å². The van der Waals surface area contributed by atoms with E-state index in [4.69, 9.17) is 9.47 Å². The Kier molecular flexibility index (Phi) is 5.75. The molecule has 0 spiro atoms. The van der Waals surface area contributed by atoms with Crippen LogP contribution < -0.4 is 9.47 Å². The van der Waals surface area contributed by atoms with Crippen LogP contribution in [0.2, 0.25) is 0 Å². The monoisotopic (exact) mass is 401 g/mol. The third kappa shape index (κ3) is 3.65. The Morgan fingerprint density at radius 3 is 2.27 bits per heavy atom. The molecule has 1 amide bonds. The first-order valence-corrected chi connectivity index (χ1v) is 10.4. The molecule has 0 N–H and O–H groups in total. The lowest BCUT2D eigenvalue weighted by atomic mass is 9.87. The summed E-state index contributed by atoms with van der Waals surface area (Å²) < 4.78 is 11.1. The van der Waals surface area contributed by atoms with Gasteiger partial charge in [-0.1, -0.05) is 49.4 Å². The van der Waals surface area contributed by atoms with Crippen molar-refractivity contribution in [2.75, 3.05) is 20.8 Å². The zero-order chi connectivity index (χ0) is 21.1. The molecule has 0 saturated heterocycles. The van der Waals surface area contributed by atoms with Crippen LogP contribution in [-0.2, 0) is 12.8 Å². The molecule has 0 unspecified atom stereocenters. The van der Waals surface area contributed by atoms with E-state index in [0.29, 0.717) is 12.3 Å². The van der Waals surface area contributed by atoms with Crippen molar-refractivity contribution >= 4 is 5.91 Å². The van der Waals surface area contributed by atoms with Gasteiger partial charge in [0.2, 0.25) is 0 Å². The smallest absolute Gasteiger partial charge is 0.254 e. The highest BCUT2D eigenvalue weighted by atomic mass is 16.5. The first-order chi connectivity index (χ1) is 14.7. The summed E-state index contributed by atoms with van der Waals surface area (Å²) in [5.74, 6) is 1.45. The van der Waals surface area contributed by atoms with E-state index >= 15 is 0 Å². The van der Waals surface area contributed by atoms with E-state index < -0.39 is 0 Å². The molecule has 4 heteroatoms. The molecular weight excluding hydrogens is 374 g/mol.